The smallest absolute Gasteiger partial charge is 0.416 e. The second kappa shape index (κ2) is 7.40. The van der Waals surface area contributed by atoms with Crippen molar-refractivity contribution >= 4 is 5.91 Å². The van der Waals surface area contributed by atoms with Gasteiger partial charge in [-0.25, -0.2) is 0 Å². The zero-order chi connectivity index (χ0) is 18.7. The fraction of sp³-hybridized carbons (Fsp3) is 0.350. The Morgan fingerprint density at radius 2 is 1.77 bits per heavy atom. The summed E-state index contributed by atoms with van der Waals surface area (Å²) in [4.78, 5) is 14.3. The van der Waals surface area contributed by atoms with E-state index in [1.54, 1.807) is 24.3 Å². The first kappa shape index (κ1) is 18.3. The van der Waals surface area contributed by atoms with E-state index in [-0.39, 0.29) is 18.6 Å². The maximum Gasteiger partial charge on any atom is 0.416 e. The standard InChI is InChI=1S/C20H20F3NO2/c1-14-3-2-12-24(14)19(25)16-6-10-18(11-7-16)26-13-15-4-8-17(9-5-15)20(21,22)23/h4-11,14H,2-3,12-13H2,1H3/t14-/m1/s1. The van der Waals surface area contributed by atoms with Crippen LogP contribution in [0, 0.1) is 0 Å². The van der Waals surface area contributed by atoms with Crippen molar-refractivity contribution in [3.63, 3.8) is 0 Å². The van der Waals surface area contributed by atoms with Gasteiger partial charge >= 0.3 is 6.18 Å². The highest BCUT2D eigenvalue weighted by atomic mass is 19.4. The average Bonchev–Trinajstić information content (AvgIpc) is 3.05. The van der Waals surface area contributed by atoms with Crippen LogP contribution in [-0.4, -0.2) is 23.4 Å². The summed E-state index contributed by atoms with van der Waals surface area (Å²) in [5.74, 6) is 0.584. The Kier molecular flexibility index (Phi) is 5.20. The molecule has 3 rings (SSSR count). The Bertz CT molecular complexity index is 754. The SMILES string of the molecule is C[C@@H]1CCCN1C(=O)c1ccc(OCc2ccc(C(F)(F)F)cc2)cc1. The highest BCUT2D eigenvalue weighted by Crippen LogP contribution is 2.29. The number of alkyl halides is 3. The fourth-order valence-corrected chi connectivity index (χ4v) is 3.05. The topological polar surface area (TPSA) is 29.5 Å². The van der Waals surface area contributed by atoms with Crippen LogP contribution in [0.25, 0.3) is 0 Å². The minimum Gasteiger partial charge on any atom is -0.489 e. The minimum atomic E-state index is -4.34. The van der Waals surface area contributed by atoms with Crippen LogP contribution in [0.4, 0.5) is 13.2 Å². The second-order valence-corrected chi connectivity index (χ2v) is 6.50. The average molecular weight is 363 g/mol. The predicted octanol–water partition coefficient (Wildman–Crippen LogP) is 4.91. The third-order valence-corrected chi connectivity index (χ3v) is 4.60. The van der Waals surface area contributed by atoms with E-state index in [0.717, 1.165) is 31.5 Å². The first-order chi connectivity index (χ1) is 12.3. The lowest BCUT2D eigenvalue weighted by atomic mass is 10.1. The Morgan fingerprint density at radius 1 is 1.12 bits per heavy atom. The lowest BCUT2D eigenvalue weighted by Crippen LogP contribution is -2.33. The number of likely N-dealkylation sites (tertiary alicyclic amines) is 1. The molecule has 1 amide bonds. The molecule has 26 heavy (non-hydrogen) atoms. The summed E-state index contributed by atoms with van der Waals surface area (Å²) in [6.07, 6.45) is -2.28. The van der Waals surface area contributed by atoms with Gasteiger partial charge < -0.3 is 9.64 Å². The van der Waals surface area contributed by atoms with Crippen molar-refractivity contribution in [2.75, 3.05) is 6.54 Å². The third kappa shape index (κ3) is 4.18. The molecule has 0 unspecified atom stereocenters. The van der Waals surface area contributed by atoms with Crippen molar-refractivity contribution in [1.82, 2.24) is 4.90 Å². The maximum atomic E-state index is 12.5. The van der Waals surface area contributed by atoms with E-state index in [0.29, 0.717) is 16.9 Å². The van der Waals surface area contributed by atoms with Crippen molar-refractivity contribution in [2.24, 2.45) is 0 Å². The molecule has 1 fully saturated rings. The molecular formula is C20H20F3NO2. The summed E-state index contributed by atoms with van der Waals surface area (Å²) < 4.78 is 43.2. The number of carbonyl (C=O) groups is 1. The van der Waals surface area contributed by atoms with Crippen molar-refractivity contribution in [3.8, 4) is 5.75 Å². The minimum absolute atomic E-state index is 0.0179. The number of carbonyl (C=O) groups excluding carboxylic acids is 1. The molecule has 6 heteroatoms. The summed E-state index contributed by atoms with van der Waals surface area (Å²) in [7, 11) is 0. The first-order valence-corrected chi connectivity index (χ1v) is 8.54. The molecule has 0 aliphatic carbocycles. The molecule has 0 spiro atoms. The van der Waals surface area contributed by atoms with E-state index < -0.39 is 11.7 Å². The Balaban J connectivity index is 1.58. The number of amides is 1. The van der Waals surface area contributed by atoms with E-state index in [2.05, 4.69) is 0 Å². The Labute approximate surface area is 150 Å². The number of nitrogens with zero attached hydrogens (tertiary/aromatic N) is 1. The Morgan fingerprint density at radius 3 is 2.31 bits per heavy atom. The maximum absolute atomic E-state index is 12.5. The van der Waals surface area contributed by atoms with Crippen LogP contribution in [0.1, 0.15) is 41.3 Å². The van der Waals surface area contributed by atoms with Crippen molar-refractivity contribution in [2.45, 2.75) is 38.6 Å². The van der Waals surface area contributed by atoms with E-state index >= 15 is 0 Å². The zero-order valence-electron chi connectivity index (χ0n) is 14.4. The molecule has 138 valence electrons. The molecule has 1 atom stereocenters. The number of ether oxygens (including phenoxy) is 1. The van der Waals surface area contributed by atoms with Gasteiger partial charge in [-0.15, -0.1) is 0 Å². The molecule has 2 aromatic carbocycles. The number of rotatable bonds is 4. The quantitative estimate of drug-likeness (QED) is 0.773. The normalized spacial score (nSPS) is 17.4. The second-order valence-electron chi connectivity index (χ2n) is 6.50. The molecule has 0 bridgehead atoms. The van der Waals surface area contributed by atoms with Crippen LogP contribution in [0.15, 0.2) is 48.5 Å². The molecular weight excluding hydrogens is 343 g/mol. The molecule has 1 saturated heterocycles. The van der Waals surface area contributed by atoms with Gasteiger partial charge in [0.1, 0.15) is 12.4 Å². The molecule has 0 aromatic heterocycles. The molecule has 0 radical (unpaired) electrons. The van der Waals surface area contributed by atoms with Gasteiger partial charge in [0.2, 0.25) is 0 Å². The third-order valence-electron chi connectivity index (χ3n) is 4.60. The van der Waals surface area contributed by atoms with Gasteiger partial charge in [-0.05, 0) is 61.7 Å². The summed E-state index contributed by atoms with van der Waals surface area (Å²) >= 11 is 0. The van der Waals surface area contributed by atoms with Crippen molar-refractivity contribution < 1.29 is 22.7 Å². The highest BCUT2D eigenvalue weighted by molar-refractivity contribution is 5.94. The van der Waals surface area contributed by atoms with Gasteiger partial charge in [-0.2, -0.15) is 13.2 Å². The highest BCUT2D eigenvalue weighted by Gasteiger charge is 2.30. The van der Waals surface area contributed by atoms with Crippen LogP contribution in [0.5, 0.6) is 5.75 Å². The van der Waals surface area contributed by atoms with Crippen molar-refractivity contribution in [3.05, 3.63) is 65.2 Å². The number of halogens is 3. The van der Waals surface area contributed by atoms with Crippen LogP contribution in [-0.2, 0) is 12.8 Å². The van der Waals surface area contributed by atoms with Crippen LogP contribution in [0.3, 0.4) is 0 Å². The molecule has 0 saturated carbocycles. The van der Waals surface area contributed by atoms with Gasteiger partial charge in [0.05, 0.1) is 5.56 Å². The van der Waals surface area contributed by atoms with E-state index in [9.17, 15) is 18.0 Å². The summed E-state index contributed by atoms with van der Waals surface area (Å²) in [5, 5.41) is 0. The number of hydrogen-bond donors (Lipinski definition) is 0. The van der Waals surface area contributed by atoms with Crippen molar-refractivity contribution in [1.29, 1.82) is 0 Å². The molecule has 3 nitrogen and oxygen atoms in total. The van der Waals surface area contributed by atoms with Gasteiger partial charge in [-0.1, -0.05) is 12.1 Å². The van der Waals surface area contributed by atoms with Gasteiger partial charge in [-0.3, -0.25) is 4.79 Å². The monoisotopic (exact) mass is 363 g/mol. The molecule has 2 aromatic rings. The summed E-state index contributed by atoms with van der Waals surface area (Å²) in [6.45, 7) is 2.99. The lowest BCUT2D eigenvalue weighted by Gasteiger charge is -2.21. The first-order valence-electron chi connectivity index (χ1n) is 8.54. The summed E-state index contributed by atoms with van der Waals surface area (Å²) in [5.41, 5.74) is 0.574. The van der Waals surface area contributed by atoms with E-state index in [1.807, 2.05) is 11.8 Å². The Hall–Kier alpha value is -2.50. The molecule has 1 heterocycles. The van der Waals surface area contributed by atoms with E-state index in [1.165, 1.54) is 12.1 Å². The zero-order valence-corrected chi connectivity index (χ0v) is 14.4. The largest absolute Gasteiger partial charge is 0.489 e. The molecule has 1 aliphatic rings. The molecule has 1 aliphatic heterocycles. The van der Waals surface area contributed by atoms with Crippen LogP contribution in [0.2, 0.25) is 0 Å². The van der Waals surface area contributed by atoms with Gasteiger partial charge in [0, 0.05) is 18.2 Å². The van der Waals surface area contributed by atoms with Crippen LogP contribution < -0.4 is 4.74 Å². The summed E-state index contributed by atoms with van der Waals surface area (Å²) in [6, 6.07) is 12.0. The van der Waals surface area contributed by atoms with Crippen LogP contribution >= 0.6 is 0 Å². The number of hydrogen-bond acceptors (Lipinski definition) is 2. The van der Waals surface area contributed by atoms with Gasteiger partial charge in [0.25, 0.3) is 5.91 Å². The van der Waals surface area contributed by atoms with E-state index in [4.69, 9.17) is 4.74 Å². The fourth-order valence-electron chi connectivity index (χ4n) is 3.05. The number of benzene rings is 2. The molecule has 0 N–H and O–H groups in total. The predicted molar refractivity (Wildman–Crippen MR) is 92.0 cm³/mol. The lowest BCUT2D eigenvalue weighted by molar-refractivity contribution is -0.137. The van der Waals surface area contributed by atoms with Gasteiger partial charge in [0.15, 0.2) is 0 Å².